The summed E-state index contributed by atoms with van der Waals surface area (Å²) in [6, 6.07) is 7.79. The smallest absolute Gasteiger partial charge is 0.255 e. The van der Waals surface area contributed by atoms with Crippen LogP contribution in [0.2, 0.25) is 0 Å². The lowest BCUT2D eigenvalue weighted by molar-refractivity contribution is 0.102. The number of aromatic nitrogens is 1. The minimum atomic E-state index is -0.567. The van der Waals surface area contributed by atoms with Crippen LogP contribution in [0, 0.1) is 5.82 Å². The lowest BCUT2D eigenvalue weighted by Crippen LogP contribution is -2.19. The first-order valence-electron chi connectivity index (χ1n) is 7.53. The standard InChI is InChI=1S/C17H18FN3O2/c1-23-15-6-4-12(10-14(15)18)17(22)20-13-5-7-16(19-11-13)21-8-2-3-9-21/h4-7,10-11H,2-3,8-9H2,1H3,(H,20,22). The van der Waals surface area contributed by atoms with Crippen molar-refractivity contribution in [2.45, 2.75) is 12.8 Å². The van der Waals surface area contributed by atoms with Crippen LogP contribution in [0.1, 0.15) is 23.2 Å². The number of benzene rings is 1. The normalized spacial score (nSPS) is 13.9. The Morgan fingerprint density at radius 2 is 2.04 bits per heavy atom. The van der Waals surface area contributed by atoms with Crippen molar-refractivity contribution in [3.8, 4) is 5.75 Å². The maximum absolute atomic E-state index is 13.7. The molecule has 1 aliphatic heterocycles. The summed E-state index contributed by atoms with van der Waals surface area (Å²) < 4.78 is 18.5. The van der Waals surface area contributed by atoms with E-state index in [4.69, 9.17) is 4.74 Å². The quantitative estimate of drug-likeness (QED) is 0.942. The number of halogens is 1. The maximum atomic E-state index is 13.7. The van der Waals surface area contributed by atoms with Crippen LogP contribution in [-0.4, -0.2) is 31.1 Å². The first-order chi connectivity index (χ1) is 11.2. The topological polar surface area (TPSA) is 54.5 Å². The molecular weight excluding hydrogens is 297 g/mol. The average Bonchev–Trinajstić information content (AvgIpc) is 3.10. The van der Waals surface area contributed by atoms with Crippen molar-refractivity contribution in [2.75, 3.05) is 30.4 Å². The van der Waals surface area contributed by atoms with Crippen LogP contribution in [0.5, 0.6) is 5.75 Å². The van der Waals surface area contributed by atoms with Crippen molar-refractivity contribution in [3.05, 3.63) is 47.9 Å². The van der Waals surface area contributed by atoms with Gasteiger partial charge in [-0.05, 0) is 43.2 Å². The molecule has 6 heteroatoms. The molecule has 1 aliphatic rings. The number of rotatable bonds is 4. The van der Waals surface area contributed by atoms with Gasteiger partial charge in [-0.15, -0.1) is 0 Å². The van der Waals surface area contributed by atoms with E-state index in [9.17, 15) is 9.18 Å². The Hall–Kier alpha value is -2.63. The molecule has 120 valence electrons. The van der Waals surface area contributed by atoms with E-state index in [2.05, 4.69) is 15.2 Å². The molecule has 1 N–H and O–H groups in total. The number of carbonyl (C=O) groups excluding carboxylic acids is 1. The fourth-order valence-electron chi connectivity index (χ4n) is 2.60. The van der Waals surface area contributed by atoms with Gasteiger partial charge in [-0.3, -0.25) is 4.79 Å². The molecule has 1 saturated heterocycles. The monoisotopic (exact) mass is 315 g/mol. The third-order valence-electron chi connectivity index (χ3n) is 3.85. The lowest BCUT2D eigenvalue weighted by Gasteiger charge is -2.16. The number of methoxy groups -OCH3 is 1. The molecule has 5 nitrogen and oxygen atoms in total. The van der Waals surface area contributed by atoms with Crippen LogP contribution in [0.15, 0.2) is 36.5 Å². The highest BCUT2D eigenvalue weighted by atomic mass is 19.1. The molecular formula is C17H18FN3O2. The van der Waals surface area contributed by atoms with E-state index < -0.39 is 5.82 Å². The van der Waals surface area contributed by atoms with Crippen molar-refractivity contribution >= 4 is 17.4 Å². The van der Waals surface area contributed by atoms with Crippen LogP contribution in [0.4, 0.5) is 15.9 Å². The summed E-state index contributed by atoms with van der Waals surface area (Å²) in [4.78, 5) is 18.7. The Bertz CT molecular complexity index is 697. The Morgan fingerprint density at radius 1 is 1.26 bits per heavy atom. The highest BCUT2D eigenvalue weighted by Crippen LogP contribution is 2.21. The van der Waals surface area contributed by atoms with E-state index in [0.717, 1.165) is 25.0 Å². The second-order valence-corrected chi connectivity index (χ2v) is 5.40. The predicted octanol–water partition coefficient (Wildman–Crippen LogP) is 3.08. The molecule has 2 heterocycles. The van der Waals surface area contributed by atoms with Gasteiger partial charge in [-0.1, -0.05) is 0 Å². The van der Waals surface area contributed by atoms with E-state index in [1.54, 1.807) is 12.3 Å². The minimum absolute atomic E-state index is 0.109. The SMILES string of the molecule is COc1ccc(C(=O)Nc2ccc(N3CCCC3)nc2)cc1F. The highest BCUT2D eigenvalue weighted by Gasteiger charge is 2.14. The van der Waals surface area contributed by atoms with Gasteiger partial charge >= 0.3 is 0 Å². The number of carbonyl (C=O) groups is 1. The van der Waals surface area contributed by atoms with Gasteiger partial charge in [0.1, 0.15) is 5.82 Å². The van der Waals surface area contributed by atoms with Gasteiger partial charge in [0.15, 0.2) is 11.6 Å². The molecule has 1 aromatic carbocycles. The Morgan fingerprint density at radius 3 is 2.65 bits per heavy atom. The van der Waals surface area contributed by atoms with Gasteiger partial charge in [-0.25, -0.2) is 9.37 Å². The first kappa shape index (κ1) is 15.3. The van der Waals surface area contributed by atoms with Gasteiger partial charge < -0.3 is 15.0 Å². The van der Waals surface area contributed by atoms with Gasteiger partial charge in [0.2, 0.25) is 0 Å². The van der Waals surface area contributed by atoms with Crippen molar-refractivity contribution in [2.24, 2.45) is 0 Å². The average molecular weight is 315 g/mol. The van der Waals surface area contributed by atoms with Crippen molar-refractivity contribution in [1.82, 2.24) is 4.98 Å². The van der Waals surface area contributed by atoms with E-state index in [-0.39, 0.29) is 17.2 Å². The maximum Gasteiger partial charge on any atom is 0.255 e. The molecule has 1 amide bonds. The van der Waals surface area contributed by atoms with Crippen LogP contribution < -0.4 is 15.0 Å². The number of nitrogens with zero attached hydrogens (tertiary/aromatic N) is 2. The summed E-state index contributed by atoms with van der Waals surface area (Å²) in [6.45, 7) is 2.04. The van der Waals surface area contributed by atoms with E-state index in [0.29, 0.717) is 5.69 Å². The Balaban J connectivity index is 1.68. The molecule has 1 aromatic heterocycles. The molecule has 23 heavy (non-hydrogen) atoms. The number of ether oxygens (including phenoxy) is 1. The number of hydrogen-bond donors (Lipinski definition) is 1. The summed E-state index contributed by atoms with van der Waals surface area (Å²) in [5.41, 5.74) is 0.807. The third kappa shape index (κ3) is 3.41. The summed E-state index contributed by atoms with van der Waals surface area (Å²) in [5, 5.41) is 2.71. The molecule has 0 spiro atoms. The number of pyridine rings is 1. The second kappa shape index (κ2) is 6.64. The fourth-order valence-corrected chi connectivity index (χ4v) is 2.60. The molecule has 2 aromatic rings. The molecule has 1 fully saturated rings. The minimum Gasteiger partial charge on any atom is -0.494 e. The summed E-state index contributed by atoms with van der Waals surface area (Å²) in [5.74, 6) is 0.0686. The second-order valence-electron chi connectivity index (χ2n) is 5.40. The molecule has 0 aliphatic carbocycles. The van der Waals surface area contributed by atoms with E-state index in [1.165, 1.54) is 32.1 Å². The summed E-state index contributed by atoms with van der Waals surface area (Å²) in [7, 11) is 1.38. The zero-order valence-corrected chi connectivity index (χ0v) is 12.9. The molecule has 0 saturated carbocycles. The zero-order chi connectivity index (χ0) is 16.2. The fraction of sp³-hybridized carbons (Fsp3) is 0.294. The number of nitrogens with one attached hydrogen (secondary N) is 1. The van der Waals surface area contributed by atoms with Crippen LogP contribution in [0.3, 0.4) is 0 Å². The van der Waals surface area contributed by atoms with Crippen LogP contribution >= 0.6 is 0 Å². The summed E-state index contributed by atoms with van der Waals surface area (Å²) >= 11 is 0. The Kier molecular flexibility index (Phi) is 4.41. The molecule has 0 unspecified atom stereocenters. The molecule has 0 radical (unpaired) electrons. The van der Waals surface area contributed by atoms with Crippen molar-refractivity contribution in [3.63, 3.8) is 0 Å². The molecule has 0 atom stereocenters. The van der Waals surface area contributed by atoms with Crippen molar-refractivity contribution < 1.29 is 13.9 Å². The van der Waals surface area contributed by atoms with Gasteiger partial charge in [0.05, 0.1) is 19.0 Å². The van der Waals surface area contributed by atoms with Crippen molar-refractivity contribution in [1.29, 1.82) is 0 Å². The van der Waals surface area contributed by atoms with Gasteiger partial charge in [0, 0.05) is 18.7 Å². The predicted molar refractivity (Wildman–Crippen MR) is 86.6 cm³/mol. The van der Waals surface area contributed by atoms with E-state index >= 15 is 0 Å². The van der Waals surface area contributed by atoms with Gasteiger partial charge in [-0.2, -0.15) is 0 Å². The van der Waals surface area contributed by atoms with E-state index in [1.807, 2.05) is 6.07 Å². The van der Waals surface area contributed by atoms with Gasteiger partial charge in [0.25, 0.3) is 5.91 Å². The third-order valence-corrected chi connectivity index (χ3v) is 3.85. The number of hydrogen-bond acceptors (Lipinski definition) is 4. The largest absolute Gasteiger partial charge is 0.494 e. The Labute approximate surface area is 134 Å². The highest BCUT2D eigenvalue weighted by molar-refractivity contribution is 6.04. The number of amides is 1. The molecule has 0 bridgehead atoms. The lowest BCUT2D eigenvalue weighted by atomic mass is 10.2. The van der Waals surface area contributed by atoms with Crippen LogP contribution in [0.25, 0.3) is 0 Å². The number of anilines is 2. The molecule has 3 rings (SSSR count). The summed E-state index contributed by atoms with van der Waals surface area (Å²) in [6.07, 6.45) is 3.98. The first-order valence-corrected chi connectivity index (χ1v) is 7.53. The van der Waals surface area contributed by atoms with Crippen LogP contribution in [-0.2, 0) is 0 Å². The zero-order valence-electron chi connectivity index (χ0n) is 12.9.